The van der Waals surface area contributed by atoms with Gasteiger partial charge in [0.25, 0.3) is 15.9 Å². The van der Waals surface area contributed by atoms with Crippen LogP contribution in [0, 0.1) is 6.92 Å². The zero-order valence-corrected chi connectivity index (χ0v) is 23.6. The number of esters is 1. The molecule has 0 radical (unpaired) electrons. The van der Waals surface area contributed by atoms with Gasteiger partial charge in [0.05, 0.1) is 36.1 Å². The van der Waals surface area contributed by atoms with Gasteiger partial charge in [-0.1, -0.05) is 29.8 Å². The summed E-state index contributed by atoms with van der Waals surface area (Å²) in [4.78, 5) is 24.7. The first-order valence-electron chi connectivity index (χ1n) is 12.6. The molecule has 1 N–H and O–H groups in total. The molecule has 0 unspecified atom stereocenters. The van der Waals surface area contributed by atoms with Gasteiger partial charge in [0.2, 0.25) is 0 Å². The van der Waals surface area contributed by atoms with Gasteiger partial charge in [0.1, 0.15) is 23.8 Å². The molecule has 0 aliphatic carbocycles. The number of nitrogens with zero attached hydrogens (tertiary/aromatic N) is 2. The van der Waals surface area contributed by atoms with E-state index in [4.69, 9.17) is 13.9 Å². The quantitative estimate of drug-likeness (QED) is 0.155. The first-order valence-corrected chi connectivity index (χ1v) is 14.1. The summed E-state index contributed by atoms with van der Waals surface area (Å²) in [5, 5.41) is 3.93. The van der Waals surface area contributed by atoms with E-state index < -0.39 is 28.4 Å². The molecule has 41 heavy (non-hydrogen) atoms. The van der Waals surface area contributed by atoms with E-state index in [1.165, 1.54) is 25.5 Å². The maximum Gasteiger partial charge on any atom is 0.338 e. The van der Waals surface area contributed by atoms with Crippen molar-refractivity contribution in [1.29, 1.82) is 0 Å². The van der Waals surface area contributed by atoms with Gasteiger partial charge in [-0.05, 0) is 74.5 Å². The monoisotopic (exact) mass is 575 g/mol. The number of carbonyl (C=O) groups is 2. The topological polar surface area (TPSA) is 128 Å². The molecular weight excluding hydrogens is 546 g/mol. The van der Waals surface area contributed by atoms with Crippen LogP contribution in [-0.4, -0.2) is 46.8 Å². The normalized spacial score (nSPS) is 11.3. The van der Waals surface area contributed by atoms with Gasteiger partial charge in [-0.25, -0.2) is 18.6 Å². The second-order valence-corrected chi connectivity index (χ2v) is 10.7. The summed E-state index contributed by atoms with van der Waals surface area (Å²) < 4.78 is 43.9. The van der Waals surface area contributed by atoms with Crippen LogP contribution in [-0.2, 0) is 19.6 Å². The summed E-state index contributed by atoms with van der Waals surface area (Å²) in [6.45, 7) is 3.37. The molecule has 1 heterocycles. The Kier molecular flexibility index (Phi) is 9.20. The minimum Gasteiger partial charge on any atom is -0.497 e. The lowest BCUT2D eigenvalue weighted by Gasteiger charge is -2.24. The van der Waals surface area contributed by atoms with Gasteiger partial charge in [0.15, 0.2) is 0 Å². The number of sulfonamides is 1. The molecule has 11 heteroatoms. The van der Waals surface area contributed by atoms with E-state index in [9.17, 15) is 18.0 Å². The smallest absolute Gasteiger partial charge is 0.338 e. The van der Waals surface area contributed by atoms with Crippen molar-refractivity contribution < 1.29 is 31.9 Å². The van der Waals surface area contributed by atoms with E-state index in [0.29, 0.717) is 29.4 Å². The Morgan fingerprint density at radius 3 is 2.27 bits per heavy atom. The molecule has 4 aromatic rings. The summed E-state index contributed by atoms with van der Waals surface area (Å²) >= 11 is 0. The fourth-order valence-electron chi connectivity index (χ4n) is 3.80. The van der Waals surface area contributed by atoms with Gasteiger partial charge in [0, 0.05) is 5.56 Å². The predicted molar refractivity (Wildman–Crippen MR) is 155 cm³/mol. The molecular formula is C30H29N3O7S. The van der Waals surface area contributed by atoms with E-state index in [2.05, 4.69) is 10.5 Å². The Hall–Kier alpha value is -4.90. The minimum absolute atomic E-state index is 0.0497. The Balaban J connectivity index is 1.46. The fraction of sp³-hybridized carbons (Fsp3) is 0.167. The van der Waals surface area contributed by atoms with Crippen LogP contribution in [0.5, 0.6) is 5.75 Å². The largest absolute Gasteiger partial charge is 0.497 e. The average molecular weight is 576 g/mol. The fourth-order valence-corrected chi connectivity index (χ4v) is 5.22. The molecule has 0 aliphatic rings. The zero-order valence-electron chi connectivity index (χ0n) is 22.7. The standard InChI is InChI=1S/C30H29N3O7S/c1-4-39-30(35)23-9-7-22(8-10-23)28-18-15-26(40-28)19-31-32-29(34)20-33(24-11-13-25(38-3)14-12-24)41(36,37)27-16-5-21(2)6-17-27/h5-19H,4,20H2,1-3H3,(H,32,34)/b31-19+. The molecule has 1 amide bonds. The summed E-state index contributed by atoms with van der Waals surface area (Å²) in [6, 6.07) is 22.9. The number of aryl methyl sites for hydroxylation is 1. The number of amides is 1. The van der Waals surface area contributed by atoms with E-state index in [0.717, 1.165) is 15.4 Å². The summed E-state index contributed by atoms with van der Waals surface area (Å²) in [5.41, 5.74) is 4.71. The molecule has 0 saturated carbocycles. The number of methoxy groups -OCH3 is 1. The van der Waals surface area contributed by atoms with Crippen molar-refractivity contribution in [3.8, 4) is 17.1 Å². The van der Waals surface area contributed by atoms with Crippen LogP contribution in [0.1, 0.15) is 28.6 Å². The summed E-state index contributed by atoms with van der Waals surface area (Å²) in [6.07, 6.45) is 1.31. The van der Waals surface area contributed by atoms with Crippen molar-refractivity contribution in [1.82, 2.24) is 5.43 Å². The molecule has 1 aromatic heterocycles. The molecule has 0 atom stereocenters. The summed E-state index contributed by atoms with van der Waals surface area (Å²) in [7, 11) is -2.56. The third-order valence-corrected chi connectivity index (χ3v) is 7.73. The van der Waals surface area contributed by atoms with Crippen LogP contribution < -0.4 is 14.5 Å². The molecule has 3 aromatic carbocycles. The molecule has 10 nitrogen and oxygen atoms in total. The van der Waals surface area contributed by atoms with Gasteiger partial charge in [-0.3, -0.25) is 9.10 Å². The van der Waals surface area contributed by atoms with Crippen molar-refractivity contribution >= 4 is 33.8 Å². The number of anilines is 1. The average Bonchev–Trinajstić information content (AvgIpc) is 3.45. The molecule has 0 spiro atoms. The molecule has 0 aliphatic heterocycles. The van der Waals surface area contributed by atoms with Crippen LogP contribution in [0.4, 0.5) is 5.69 Å². The first kappa shape index (κ1) is 29.1. The molecule has 0 fully saturated rings. The second-order valence-electron chi connectivity index (χ2n) is 8.82. The maximum atomic E-state index is 13.5. The van der Waals surface area contributed by atoms with Crippen molar-refractivity contribution in [2.45, 2.75) is 18.7 Å². The number of rotatable bonds is 11. The lowest BCUT2D eigenvalue weighted by molar-refractivity contribution is -0.119. The van der Waals surface area contributed by atoms with Crippen molar-refractivity contribution in [3.05, 3.63) is 102 Å². The van der Waals surface area contributed by atoms with Crippen molar-refractivity contribution in [3.63, 3.8) is 0 Å². The van der Waals surface area contributed by atoms with E-state index in [-0.39, 0.29) is 10.6 Å². The number of ether oxygens (including phenoxy) is 2. The Bertz CT molecular complexity index is 1630. The highest BCUT2D eigenvalue weighted by atomic mass is 32.2. The zero-order chi connectivity index (χ0) is 29.4. The van der Waals surface area contributed by atoms with E-state index >= 15 is 0 Å². The number of carbonyl (C=O) groups excluding carboxylic acids is 2. The molecule has 212 valence electrons. The first-order chi connectivity index (χ1) is 19.7. The third kappa shape index (κ3) is 7.20. The number of hydrogen-bond acceptors (Lipinski definition) is 8. The number of hydrogen-bond donors (Lipinski definition) is 1. The number of benzene rings is 3. The van der Waals surface area contributed by atoms with Crippen LogP contribution in [0.15, 0.2) is 99.3 Å². The second kappa shape index (κ2) is 13.0. The number of furan rings is 1. The van der Waals surface area contributed by atoms with Crippen molar-refractivity contribution in [2.75, 3.05) is 24.6 Å². The van der Waals surface area contributed by atoms with Gasteiger partial charge in [-0.2, -0.15) is 5.10 Å². The minimum atomic E-state index is -4.07. The van der Waals surface area contributed by atoms with E-state index in [1.807, 2.05) is 6.92 Å². The SMILES string of the molecule is CCOC(=O)c1ccc(-c2ccc(/C=N/NC(=O)CN(c3ccc(OC)cc3)S(=O)(=O)c3ccc(C)cc3)o2)cc1. The molecule has 0 bridgehead atoms. The van der Waals surface area contributed by atoms with E-state index in [1.54, 1.807) is 79.7 Å². The maximum absolute atomic E-state index is 13.5. The Morgan fingerprint density at radius 1 is 0.951 bits per heavy atom. The third-order valence-electron chi connectivity index (χ3n) is 5.94. The highest BCUT2D eigenvalue weighted by Gasteiger charge is 2.27. The van der Waals surface area contributed by atoms with Crippen molar-refractivity contribution in [2.24, 2.45) is 5.10 Å². The molecule has 4 rings (SSSR count). The molecule has 0 saturated heterocycles. The highest BCUT2D eigenvalue weighted by Crippen LogP contribution is 2.26. The lowest BCUT2D eigenvalue weighted by Crippen LogP contribution is -2.39. The predicted octanol–water partition coefficient (Wildman–Crippen LogP) is 4.79. The number of nitrogens with one attached hydrogen (secondary N) is 1. The highest BCUT2D eigenvalue weighted by molar-refractivity contribution is 7.92. The lowest BCUT2D eigenvalue weighted by atomic mass is 10.1. The van der Waals surface area contributed by atoms with Crippen LogP contribution in [0.25, 0.3) is 11.3 Å². The summed E-state index contributed by atoms with van der Waals surface area (Å²) in [5.74, 6) is 0.369. The van der Waals surface area contributed by atoms with Gasteiger partial charge >= 0.3 is 5.97 Å². The van der Waals surface area contributed by atoms with Crippen LogP contribution in [0.2, 0.25) is 0 Å². The van der Waals surface area contributed by atoms with Gasteiger partial charge in [-0.15, -0.1) is 0 Å². The van der Waals surface area contributed by atoms with Gasteiger partial charge < -0.3 is 13.9 Å². The Morgan fingerprint density at radius 2 is 1.63 bits per heavy atom. The number of hydrazone groups is 1. The Labute approximate surface area is 238 Å². The van der Waals surface area contributed by atoms with Crippen LogP contribution >= 0.6 is 0 Å². The van der Waals surface area contributed by atoms with Crippen LogP contribution in [0.3, 0.4) is 0 Å².